The van der Waals surface area contributed by atoms with Crippen LogP contribution in [0.15, 0.2) is 23.2 Å². The molecule has 134 valence electrons. The molecule has 6 nitrogen and oxygen atoms in total. The minimum absolute atomic E-state index is 0.00732. The third-order valence-electron chi connectivity index (χ3n) is 3.58. The molecule has 1 aromatic carbocycles. The van der Waals surface area contributed by atoms with Crippen LogP contribution in [0.25, 0.3) is 0 Å². The van der Waals surface area contributed by atoms with Gasteiger partial charge in [0.1, 0.15) is 5.75 Å². The summed E-state index contributed by atoms with van der Waals surface area (Å²) in [5.74, 6) is 1.48. The molecule has 0 aliphatic heterocycles. The maximum atomic E-state index is 11.8. The van der Waals surface area contributed by atoms with Gasteiger partial charge in [0, 0.05) is 26.2 Å². The summed E-state index contributed by atoms with van der Waals surface area (Å²) >= 11 is 0. The number of carbonyl (C=O) groups excluding carboxylic acids is 1. The third-order valence-corrected chi connectivity index (χ3v) is 3.58. The summed E-state index contributed by atoms with van der Waals surface area (Å²) in [6, 6.07) is 6.06. The zero-order valence-electron chi connectivity index (χ0n) is 15.5. The van der Waals surface area contributed by atoms with Crippen molar-refractivity contribution in [1.29, 1.82) is 0 Å². The van der Waals surface area contributed by atoms with Crippen molar-refractivity contribution in [2.45, 2.75) is 33.2 Å². The highest BCUT2D eigenvalue weighted by Gasteiger charge is 2.07. The summed E-state index contributed by atoms with van der Waals surface area (Å²) in [7, 11) is 5.14. The van der Waals surface area contributed by atoms with Crippen LogP contribution in [-0.2, 0) is 11.3 Å². The smallest absolute Gasteiger partial charge is 0.241 e. The lowest BCUT2D eigenvalue weighted by Gasteiger charge is -2.15. The SMILES string of the molecule is CCCCNC(=NCc1ccc(C)cc1OC)NCC(=O)N(C)C. The van der Waals surface area contributed by atoms with Gasteiger partial charge in [-0.1, -0.05) is 25.5 Å². The van der Waals surface area contributed by atoms with Crippen LogP contribution in [-0.4, -0.2) is 51.1 Å². The molecular formula is C18H30N4O2. The molecule has 24 heavy (non-hydrogen) atoms. The monoisotopic (exact) mass is 334 g/mol. The number of likely N-dealkylation sites (N-methyl/N-ethyl adjacent to an activating group) is 1. The molecule has 0 heterocycles. The fraction of sp³-hybridized carbons (Fsp3) is 0.556. The second-order valence-corrected chi connectivity index (χ2v) is 5.90. The van der Waals surface area contributed by atoms with Crippen LogP contribution in [0.3, 0.4) is 0 Å². The van der Waals surface area contributed by atoms with Gasteiger partial charge in [-0.25, -0.2) is 4.99 Å². The molecule has 0 aromatic heterocycles. The van der Waals surface area contributed by atoms with Gasteiger partial charge in [-0.05, 0) is 25.0 Å². The van der Waals surface area contributed by atoms with E-state index < -0.39 is 0 Å². The Kier molecular flexibility index (Phi) is 8.68. The van der Waals surface area contributed by atoms with Crippen molar-refractivity contribution in [1.82, 2.24) is 15.5 Å². The number of hydrogen-bond donors (Lipinski definition) is 2. The van der Waals surface area contributed by atoms with Crippen molar-refractivity contribution in [2.24, 2.45) is 4.99 Å². The highest BCUT2D eigenvalue weighted by molar-refractivity contribution is 5.86. The number of ether oxygens (including phenoxy) is 1. The number of carbonyl (C=O) groups is 1. The van der Waals surface area contributed by atoms with Crippen molar-refractivity contribution >= 4 is 11.9 Å². The number of amides is 1. The van der Waals surface area contributed by atoms with Gasteiger partial charge in [0.05, 0.1) is 20.2 Å². The minimum Gasteiger partial charge on any atom is -0.496 e. The molecule has 0 spiro atoms. The van der Waals surface area contributed by atoms with E-state index in [1.54, 1.807) is 26.1 Å². The molecule has 0 saturated heterocycles. The van der Waals surface area contributed by atoms with Gasteiger partial charge in [-0.15, -0.1) is 0 Å². The van der Waals surface area contributed by atoms with Crippen molar-refractivity contribution in [3.63, 3.8) is 0 Å². The van der Waals surface area contributed by atoms with Gasteiger partial charge in [0.25, 0.3) is 0 Å². The molecule has 1 aromatic rings. The fourth-order valence-corrected chi connectivity index (χ4v) is 2.02. The molecule has 0 radical (unpaired) electrons. The van der Waals surface area contributed by atoms with Gasteiger partial charge in [-0.3, -0.25) is 4.79 Å². The summed E-state index contributed by atoms with van der Waals surface area (Å²) in [5, 5.41) is 6.35. The highest BCUT2D eigenvalue weighted by atomic mass is 16.5. The molecular weight excluding hydrogens is 304 g/mol. The van der Waals surface area contributed by atoms with Gasteiger partial charge in [0.2, 0.25) is 5.91 Å². The van der Waals surface area contributed by atoms with E-state index in [0.717, 1.165) is 36.3 Å². The van der Waals surface area contributed by atoms with Crippen LogP contribution in [0.1, 0.15) is 30.9 Å². The molecule has 0 aliphatic rings. The van der Waals surface area contributed by atoms with Crippen LogP contribution >= 0.6 is 0 Å². The lowest BCUT2D eigenvalue weighted by molar-refractivity contribution is -0.127. The van der Waals surface area contributed by atoms with Crippen LogP contribution in [0.2, 0.25) is 0 Å². The van der Waals surface area contributed by atoms with Gasteiger partial charge in [-0.2, -0.15) is 0 Å². The van der Waals surface area contributed by atoms with E-state index in [2.05, 4.69) is 22.5 Å². The third kappa shape index (κ3) is 6.89. The van der Waals surface area contributed by atoms with E-state index >= 15 is 0 Å². The first-order chi connectivity index (χ1) is 11.5. The summed E-state index contributed by atoms with van der Waals surface area (Å²) in [6.07, 6.45) is 2.15. The predicted molar refractivity (Wildman–Crippen MR) is 98.5 cm³/mol. The lowest BCUT2D eigenvalue weighted by atomic mass is 10.1. The van der Waals surface area contributed by atoms with Crippen molar-refractivity contribution in [2.75, 3.05) is 34.3 Å². The second kappa shape index (κ2) is 10.5. The topological polar surface area (TPSA) is 66.0 Å². The summed E-state index contributed by atoms with van der Waals surface area (Å²) in [5.41, 5.74) is 2.16. The van der Waals surface area contributed by atoms with E-state index in [1.807, 2.05) is 25.1 Å². The number of hydrogen-bond acceptors (Lipinski definition) is 3. The van der Waals surface area contributed by atoms with Gasteiger partial charge < -0.3 is 20.3 Å². The number of methoxy groups -OCH3 is 1. The van der Waals surface area contributed by atoms with Crippen LogP contribution in [0.5, 0.6) is 5.75 Å². The normalized spacial score (nSPS) is 11.1. The molecule has 0 unspecified atom stereocenters. The molecule has 1 amide bonds. The Labute approximate surface area is 145 Å². The number of unbranched alkanes of at least 4 members (excludes halogenated alkanes) is 1. The largest absolute Gasteiger partial charge is 0.496 e. The molecule has 0 atom stereocenters. The molecule has 0 bridgehead atoms. The van der Waals surface area contributed by atoms with E-state index in [-0.39, 0.29) is 12.5 Å². The van der Waals surface area contributed by atoms with Crippen molar-refractivity contribution in [3.05, 3.63) is 29.3 Å². The quantitative estimate of drug-likeness (QED) is 0.433. The average Bonchev–Trinajstić information content (AvgIpc) is 2.57. The maximum absolute atomic E-state index is 11.8. The standard InChI is InChI=1S/C18H30N4O2/c1-6-7-10-19-18(21-13-17(23)22(3)4)20-12-15-9-8-14(2)11-16(15)24-5/h8-9,11H,6-7,10,12-13H2,1-5H3,(H2,19,20,21). The minimum atomic E-state index is 0.00732. The summed E-state index contributed by atoms with van der Waals surface area (Å²) < 4.78 is 5.42. The molecule has 1 rings (SSSR count). The Morgan fingerprint density at radius 1 is 1.29 bits per heavy atom. The highest BCUT2D eigenvalue weighted by Crippen LogP contribution is 2.20. The molecule has 0 saturated carbocycles. The van der Waals surface area contributed by atoms with Crippen LogP contribution in [0, 0.1) is 6.92 Å². The van der Waals surface area contributed by atoms with Crippen molar-refractivity contribution < 1.29 is 9.53 Å². The molecule has 2 N–H and O–H groups in total. The predicted octanol–water partition coefficient (Wildman–Crippen LogP) is 1.93. The zero-order chi connectivity index (χ0) is 17.9. The van der Waals surface area contributed by atoms with Crippen molar-refractivity contribution in [3.8, 4) is 5.75 Å². The van der Waals surface area contributed by atoms with E-state index in [0.29, 0.717) is 12.5 Å². The molecule has 0 fully saturated rings. The molecule has 6 heteroatoms. The van der Waals surface area contributed by atoms with Gasteiger partial charge >= 0.3 is 0 Å². The first kappa shape index (κ1) is 19.8. The lowest BCUT2D eigenvalue weighted by Crippen LogP contribution is -2.43. The van der Waals surface area contributed by atoms with E-state index in [4.69, 9.17) is 4.74 Å². The number of nitrogens with one attached hydrogen (secondary N) is 2. The first-order valence-corrected chi connectivity index (χ1v) is 8.33. The Hall–Kier alpha value is -2.24. The summed E-state index contributed by atoms with van der Waals surface area (Å²) in [4.78, 5) is 17.9. The number of guanidine groups is 1. The molecule has 0 aliphatic carbocycles. The van der Waals surface area contributed by atoms with E-state index in [1.165, 1.54) is 0 Å². The number of nitrogens with zero attached hydrogens (tertiary/aromatic N) is 2. The zero-order valence-corrected chi connectivity index (χ0v) is 15.5. The van der Waals surface area contributed by atoms with E-state index in [9.17, 15) is 4.79 Å². The Morgan fingerprint density at radius 2 is 2.04 bits per heavy atom. The van der Waals surface area contributed by atoms with Crippen LogP contribution in [0.4, 0.5) is 0 Å². The number of aliphatic imine (C=N–C) groups is 1. The number of aryl methyl sites for hydroxylation is 1. The Morgan fingerprint density at radius 3 is 2.67 bits per heavy atom. The number of benzene rings is 1. The number of rotatable bonds is 8. The average molecular weight is 334 g/mol. The first-order valence-electron chi connectivity index (χ1n) is 8.33. The summed E-state index contributed by atoms with van der Waals surface area (Å²) in [6.45, 7) is 5.70. The fourth-order valence-electron chi connectivity index (χ4n) is 2.02. The second-order valence-electron chi connectivity index (χ2n) is 5.90. The Bertz CT molecular complexity index is 556. The maximum Gasteiger partial charge on any atom is 0.241 e. The Balaban J connectivity index is 2.77. The van der Waals surface area contributed by atoms with Crippen LogP contribution < -0.4 is 15.4 Å². The van der Waals surface area contributed by atoms with Gasteiger partial charge in [0.15, 0.2) is 5.96 Å².